The van der Waals surface area contributed by atoms with Gasteiger partial charge < -0.3 is 4.74 Å². The van der Waals surface area contributed by atoms with E-state index in [1.165, 1.54) is 5.56 Å². The number of hydrogen-bond donors (Lipinski definition) is 0. The minimum absolute atomic E-state index is 0.137. The van der Waals surface area contributed by atoms with Crippen molar-refractivity contribution in [3.63, 3.8) is 0 Å². The highest BCUT2D eigenvalue weighted by Crippen LogP contribution is 2.43. The molecule has 0 radical (unpaired) electrons. The maximum atomic E-state index is 11.6. The number of ether oxygens (including phenoxy) is 1. The molecule has 3 atom stereocenters. The molecule has 1 fully saturated rings. The molecular formula is C18H23ClO3. The number of benzene rings is 1. The summed E-state index contributed by atoms with van der Waals surface area (Å²) >= 11 is 5.25. The Bertz CT molecular complexity index is 539. The molecular weight excluding hydrogens is 300 g/mol. The summed E-state index contributed by atoms with van der Waals surface area (Å²) < 4.78 is 5.42. The quantitative estimate of drug-likeness (QED) is 0.476. The zero-order chi connectivity index (χ0) is 16.3. The largest absolute Gasteiger partial charge is 0.455 e. The van der Waals surface area contributed by atoms with E-state index in [2.05, 4.69) is 32.9 Å². The van der Waals surface area contributed by atoms with Gasteiger partial charge in [0.25, 0.3) is 0 Å². The van der Waals surface area contributed by atoms with Crippen molar-refractivity contribution >= 4 is 22.8 Å². The van der Waals surface area contributed by atoms with Crippen LogP contribution in [-0.2, 0) is 19.7 Å². The summed E-state index contributed by atoms with van der Waals surface area (Å²) in [6.45, 7) is 6.49. The smallest absolute Gasteiger partial charge is 0.391 e. The second-order valence-electron chi connectivity index (χ2n) is 6.83. The first-order valence-corrected chi connectivity index (χ1v) is 8.16. The SMILES string of the molecule is C[C@@H]1CC[C@@H](C(C)(C)c2ccccc2)[C@H](OC(=O)C(=O)Cl)C1. The lowest BCUT2D eigenvalue weighted by atomic mass is 9.64. The van der Waals surface area contributed by atoms with E-state index in [9.17, 15) is 9.59 Å². The Morgan fingerprint density at radius 1 is 1.18 bits per heavy atom. The molecule has 0 unspecified atom stereocenters. The van der Waals surface area contributed by atoms with E-state index in [0.29, 0.717) is 5.92 Å². The molecule has 0 heterocycles. The summed E-state index contributed by atoms with van der Waals surface area (Å²) in [5, 5.41) is -1.05. The van der Waals surface area contributed by atoms with E-state index in [1.807, 2.05) is 18.2 Å². The molecule has 1 aromatic carbocycles. The van der Waals surface area contributed by atoms with Crippen LogP contribution in [-0.4, -0.2) is 17.3 Å². The summed E-state index contributed by atoms with van der Waals surface area (Å²) in [4.78, 5) is 22.6. The maximum absolute atomic E-state index is 11.6. The second kappa shape index (κ2) is 6.82. The molecule has 120 valence electrons. The van der Waals surface area contributed by atoms with Crippen LogP contribution in [0.4, 0.5) is 0 Å². The van der Waals surface area contributed by atoms with Gasteiger partial charge in [0.2, 0.25) is 0 Å². The van der Waals surface area contributed by atoms with Crippen LogP contribution in [0.25, 0.3) is 0 Å². The highest BCUT2D eigenvalue weighted by molar-refractivity contribution is 6.80. The molecule has 2 rings (SSSR count). The van der Waals surface area contributed by atoms with Crippen molar-refractivity contribution in [1.82, 2.24) is 0 Å². The molecule has 0 aliphatic heterocycles. The first-order valence-electron chi connectivity index (χ1n) is 7.78. The van der Waals surface area contributed by atoms with Gasteiger partial charge in [0, 0.05) is 5.92 Å². The first-order chi connectivity index (χ1) is 10.3. The number of carbonyl (C=O) groups is 2. The summed E-state index contributed by atoms with van der Waals surface area (Å²) in [5.74, 6) is -0.285. The van der Waals surface area contributed by atoms with Crippen LogP contribution >= 0.6 is 11.6 Å². The zero-order valence-corrected chi connectivity index (χ0v) is 14.1. The molecule has 3 nitrogen and oxygen atoms in total. The summed E-state index contributed by atoms with van der Waals surface area (Å²) in [6, 6.07) is 10.2. The fourth-order valence-electron chi connectivity index (χ4n) is 3.55. The van der Waals surface area contributed by atoms with Gasteiger partial charge in [-0.05, 0) is 41.3 Å². The van der Waals surface area contributed by atoms with Gasteiger partial charge in [0.1, 0.15) is 6.10 Å². The molecule has 1 aromatic rings. The molecule has 0 spiro atoms. The number of halogens is 1. The lowest BCUT2D eigenvalue weighted by Gasteiger charge is -2.43. The Balaban J connectivity index is 2.25. The monoisotopic (exact) mass is 322 g/mol. The van der Waals surface area contributed by atoms with Gasteiger partial charge >= 0.3 is 11.2 Å². The van der Waals surface area contributed by atoms with E-state index in [-0.39, 0.29) is 17.4 Å². The topological polar surface area (TPSA) is 43.4 Å². The molecule has 0 N–H and O–H groups in total. The van der Waals surface area contributed by atoms with Gasteiger partial charge in [0.05, 0.1) is 0 Å². The molecule has 22 heavy (non-hydrogen) atoms. The molecule has 4 heteroatoms. The predicted octanol–water partition coefficient (Wildman–Crippen LogP) is 4.08. The van der Waals surface area contributed by atoms with E-state index in [1.54, 1.807) is 0 Å². The van der Waals surface area contributed by atoms with Crippen molar-refractivity contribution in [2.75, 3.05) is 0 Å². The average molecular weight is 323 g/mol. The fourth-order valence-corrected chi connectivity index (χ4v) is 3.59. The Labute approximate surface area is 137 Å². The Hall–Kier alpha value is -1.35. The highest BCUT2D eigenvalue weighted by Gasteiger charge is 2.42. The van der Waals surface area contributed by atoms with Crippen molar-refractivity contribution in [3.05, 3.63) is 35.9 Å². The molecule has 1 aliphatic carbocycles. The lowest BCUT2D eigenvalue weighted by molar-refractivity contribution is -0.160. The van der Waals surface area contributed by atoms with Crippen molar-refractivity contribution in [2.45, 2.75) is 51.6 Å². The van der Waals surface area contributed by atoms with Crippen LogP contribution in [0.5, 0.6) is 0 Å². The predicted molar refractivity (Wildman–Crippen MR) is 86.7 cm³/mol. The van der Waals surface area contributed by atoms with E-state index < -0.39 is 11.2 Å². The Morgan fingerprint density at radius 3 is 2.41 bits per heavy atom. The van der Waals surface area contributed by atoms with E-state index >= 15 is 0 Å². The Morgan fingerprint density at radius 2 is 1.82 bits per heavy atom. The van der Waals surface area contributed by atoms with Crippen molar-refractivity contribution in [3.8, 4) is 0 Å². The standard InChI is InChI=1S/C18H23ClO3/c1-12-9-10-14(15(11-12)22-17(21)16(19)20)18(2,3)13-7-5-4-6-8-13/h4-8,12,14-15H,9-11H2,1-3H3/t12-,14-,15-/m1/s1. The average Bonchev–Trinajstić information content (AvgIpc) is 2.47. The highest BCUT2D eigenvalue weighted by atomic mass is 35.5. The van der Waals surface area contributed by atoms with Crippen molar-refractivity contribution in [1.29, 1.82) is 0 Å². The van der Waals surface area contributed by atoms with Crippen LogP contribution in [0.1, 0.15) is 45.6 Å². The van der Waals surface area contributed by atoms with Gasteiger partial charge in [-0.3, -0.25) is 4.79 Å². The van der Waals surface area contributed by atoms with Crippen LogP contribution in [0.3, 0.4) is 0 Å². The maximum Gasteiger partial charge on any atom is 0.391 e. The van der Waals surface area contributed by atoms with Gasteiger partial charge in [0.15, 0.2) is 0 Å². The third-order valence-electron chi connectivity index (χ3n) is 4.92. The van der Waals surface area contributed by atoms with Gasteiger partial charge in [-0.1, -0.05) is 57.5 Å². The molecule has 1 saturated carbocycles. The number of rotatable bonds is 4. The molecule has 0 amide bonds. The van der Waals surface area contributed by atoms with Crippen LogP contribution in [0.2, 0.25) is 0 Å². The first kappa shape index (κ1) is 17.0. The minimum atomic E-state index is -1.05. The second-order valence-corrected chi connectivity index (χ2v) is 7.17. The van der Waals surface area contributed by atoms with E-state index in [0.717, 1.165) is 19.3 Å². The Kier molecular flexibility index (Phi) is 5.28. The summed E-state index contributed by atoms with van der Waals surface area (Å²) in [7, 11) is 0. The van der Waals surface area contributed by atoms with E-state index in [4.69, 9.17) is 16.3 Å². The third kappa shape index (κ3) is 3.70. The minimum Gasteiger partial charge on any atom is -0.455 e. The number of carbonyl (C=O) groups excluding carboxylic acids is 2. The third-order valence-corrected chi connectivity index (χ3v) is 5.07. The van der Waals surface area contributed by atoms with Gasteiger partial charge in [-0.15, -0.1) is 0 Å². The molecule has 0 aromatic heterocycles. The number of esters is 1. The van der Waals surface area contributed by atoms with Gasteiger partial charge in [-0.2, -0.15) is 0 Å². The number of hydrogen-bond acceptors (Lipinski definition) is 3. The molecule has 1 aliphatic rings. The fraction of sp³-hybridized carbons (Fsp3) is 0.556. The lowest BCUT2D eigenvalue weighted by Crippen LogP contribution is -2.44. The van der Waals surface area contributed by atoms with Crippen LogP contribution in [0.15, 0.2) is 30.3 Å². The van der Waals surface area contributed by atoms with Crippen molar-refractivity contribution in [2.24, 2.45) is 11.8 Å². The normalized spacial score (nSPS) is 25.5. The van der Waals surface area contributed by atoms with Crippen LogP contribution in [0, 0.1) is 11.8 Å². The molecule has 0 bridgehead atoms. The van der Waals surface area contributed by atoms with Gasteiger partial charge in [-0.25, -0.2) is 4.79 Å². The van der Waals surface area contributed by atoms with Crippen LogP contribution < -0.4 is 0 Å². The zero-order valence-electron chi connectivity index (χ0n) is 13.3. The molecule has 0 saturated heterocycles. The summed E-state index contributed by atoms with van der Waals surface area (Å²) in [5.41, 5.74) is 1.08. The van der Waals surface area contributed by atoms with Crippen molar-refractivity contribution < 1.29 is 14.3 Å². The summed E-state index contributed by atoms with van der Waals surface area (Å²) in [6.07, 6.45) is 2.58.